The summed E-state index contributed by atoms with van der Waals surface area (Å²) in [5, 5.41) is 3.95. The number of hydrogen-bond acceptors (Lipinski definition) is 2. The molecular weight excluding hydrogens is 220 g/mol. The summed E-state index contributed by atoms with van der Waals surface area (Å²) in [7, 11) is 0. The van der Waals surface area contributed by atoms with E-state index in [1.54, 1.807) is 6.20 Å². The molecule has 88 valence electrons. The van der Waals surface area contributed by atoms with Crippen LogP contribution in [0.3, 0.4) is 0 Å². The van der Waals surface area contributed by atoms with E-state index in [-0.39, 0.29) is 0 Å². The molecule has 0 spiro atoms. The van der Waals surface area contributed by atoms with Crippen molar-refractivity contribution in [2.45, 2.75) is 38.5 Å². The minimum absolute atomic E-state index is 0.554. The molecule has 16 heavy (non-hydrogen) atoms. The van der Waals surface area contributed by atoms with E-state index in [0.29, 0.717) is 5.15 Å². The van der Waals surface area contributed by atoms with Crippen LogP contribution in [0.4, 0.5) is 5.69 Å². The molecule has 1 aromatic heterocycles. The minimum Gasteiger partial charge on any atom is -0.384 e. The topological polar surface area (TPSA) is 24.9 Å². The summed E-state index contributed by atoms with van der Waals surface area (Å²) < 4.78 is 0. The highest BCUT2D eigenvalue weighted by Gasteiger charge is 2.12. The van der Waals surface area contributed by atoms with Crippen LogP contribution in [-0.2, 0) is 0 Å². The van der Waals surface area contributed by atoms with Crippen molar-refractivity contribution < 1.29 is 0 Å². The second-order valence-corrected chi connectivity index (χ2v) is 4.98. The molecule has 1 aliphatic rings. The van der Waals surface area contributed by atoms with Crippen LogP contribution >= 0.6 is 11.6 Å². The maximum Gasteiger partial charge on any atom is 0.129 e. The van der Waals surface area contributed by atoms with Gasteiger partial charge in [0, 0.05) is 6.54 Å². The molecule has 2 rings (SSSR count). The summed E-state index contributed by atoms with van der Waals surface area (Å²) in [6, 6.07) is 3.81. The molecule has 0 bridgehead atoms. The summed E-state index contributed by atoms with van der Waals surface area (Å²) in [4.78, 5) is 4.05. The van der Waals surface area contributed by atoms with Crippen molar-refractivity contribution in [2.75, 3.05) is 11.9 Å². The van der Waals surface area contributed by atoms with Gasteiger partial charge in [-0.1, -0.05) is 43.7 Å². The lowest BCUT2D eigenvalue weighted by Gasteiger charge is -2.21. The van der Waals surface area contributed by atoms with Crippen molar-refractivity contribution in [2.24, 2.45) is 5.92 Å². The number of nitrogens with one attached hydrogen (secondary N) is 1. The highest BCUT2D eigenvalue weighted by Crippen LogP contribution is 2.26. The fourth-order valence-corrected chi connectivity index (χ4v) is 2.49. The van der Waals surface area contributed by atoms with Gasteiger partial charge in [-0.15, -0.1) is 0 Å². The van der Waals surface area contributed by atoms with Crippen LogP contribution in [0.5, 0.6) is 0 Å². The molecule has 1 N–H and O–H groups in total. The lowest BCUT2D eigenvalue weighted by molar-refractivity contribution is 0.345. The largest absolute Gasteiger partial charge is 0.384 e. The number of pyridine rings is 1. The van der Waals surface area contributed by atoms with Crippen LogP contribution in [0.15, 0.2) is 18.3 Å². The van der Waals surface area contributed by atoms with Gasteiger partial charge >= 0.3 is 0 Å². The van der Waals surface area contributed by atoms with E-state index in [2.05, 4.69) is 10.3 Å². The van der Waals surface area contributed by atoms with Crippen LogP contribution in [0.1, 0.15) is 38.5 Å². The van der Waals surface area contributed by atoms with Gasteiger partial charge in [-0.25, -0.2) is 4.98 Å². The maximum absolute atomic E-state index is 5.73. The summed E-state index contributed by atoms with van der Waals surface area (Å²) in [6.07, 6.45) is 10.2. The molecule has 0 radical (unpaired) electrons. The Morgan fingerprint density at radius 3 is 2.75 bits per heavy atom. The number of halogens is 1. The molecule has 1 heterocycles. The highest BCUT2D eigenvalue weighted by atomic mass is 35.5. The van der Waals surface area contributed by atoms with Crippen molar-refractivity contribution in [3.8, 4) is 0 Å². The Hall–Kier alpha value is -0.760. The Morgan fingerprint density at radius 1 is 1.25 bits per heavy atom. The molecule has 1 aliphatic carbocycles. The molecule has 1 aromatic rings. The van der Waals surface area contributed by atoms with Gasteiger partial charge in [0.2, 0.25) is 0 Å². The van der Waals surface area contributed by atoms with Crippen molar-refractivity contribution >= 4 is 17.3 Å². The molecule has 0 amide bonds. The molecule has 0 unspecified atom stereocenters. The normalized spacial score (nSPS) is 17.3. The first-order valence-electron chi connectivity index (χ1n) is 6.20. The highest BCUT2D eigenvalue weighted by molar-refractivity contribution is 6.29. The van der Waals surface area contributed by atoms with Crippen LogP contribution in [0.2, 0.25) is 5.15 Å². The predicted octanol–water partition coefficient (Wildman–Crippen LogP) is 4.12. The van der Waals surface area contributed by atoms with Crippen LogP contribution in [0.25, 0.3) is 0 Å². The first kappa shape index (κ1) is 11.7. The standard InChI is InChI=1S/C13H19ClN2/c14-13-7-6-12(10-16-13)15-9-8-11-4-2-1-3-5-11/h6-7,10-11,15H,1-5,8-9H2. The first-order chi connectivity index (χ1) is 7.84. The fraction of sp³-hybridized carbons (Fsp3) is 0.615. The molecule has 0 saturated heterocycles. The Kier molecular flexibility index (Phi) is 4.46. The average molecular weight is 239 g/mol. The number of nitrogens with zero attached hydrogens (tertiary/aromatic N) is 1. The molecule has 0 aromatic carbocycles. The Balaban J connectivity index is 1.69. The Bertz CT molecular complexity index is 304. The first-order valence-corrected chi connectivity index (χ1v) is 6.58. The van der Waals surface area contributed by atoms with Gasteiger partial charge in [0.05, 0.1) is 11.9 Å². The Morgan fingerprint density at radius 2 is 2.06 bits per heavy atom. The van der Waals surface area contributed by atoms with Gasteiger partial charge in [-0.2, -0.15) is 0 Å². The van der Waals surface area contributed by atoms with E-state index in [1.807, 2.05) is 12.1 Å². The van der Waals surface area contributed by atoms with Crippen LogP contribution in [-0.4, -0.2) is 11.5 Å². The molecule has 1 fully saturated rings. The lowest BCUT2D eigenvalue weighted by Crippen LogP contribution is -2.12. The number of anilines is 1. The fourth-order valence-electron chi connectivity index (χ4n) is 2.38. The number of hydrogen-bond donors (Lipinski definition) is 1. The van der Waals surface area contributed by atoms with Gasteiger partial charge in [0.1, 0.15) is 5.15 Å². The molecule has 3 heteroatoms. The van der Waals surface area contributed by atoms with Crippen LogP contribution in [0, 0.1) is 5.92 Å². The zero-order valence-electron chi connectivity index (χ0n) is 9.58. The van der Waals surface area contributed by atoms with E-state index < -0.39 is 0 Å². The smallest absolute Gasteiger partial charge is 0.129 e. The summed E-state index contributed by atoms with van der Waals surface area (Å²) >= 11 is 5.73. The second kappa shape index (κ2) is 6.09. The van der Waals surface area contributed by atoms with Gasteiger partial charge < -0.3 is 5.32 Å². The molecule has 0 atom stereocenters. The molecular formula is C13H19ClN2. The van der Waals surface area contributed by atoms with E-state index in [0.717, 1.165) is 18.2 Å². The van der Waals surface area contributed by atoms with E-state index in [4.69, 9.17) is 11.6 Å². The lowest BCUT2D eigenvalue weighted by atomic mass is 9.87. The van der Waals surface area contributed by atoms with Crippen LogP contribution < -0.4 is 5.32 Å². The molecule has 2 nitrogen and oxygen atoms in total. The van der Waals surface area contributed by atoms with Crippen molar-refractivity contribution in [1.29, 1.82) is 0 Å². The van der Waals surface area contributed by atoms with E-state index in [9.17, 15) is 0 Å². The van der Waals surface area contributed by atoms with Gasteiger partial charge in [0.25, 0.3) is 0 Å². The predicted molar refractivity (Wildman–Crippen MR) is 68.9 cm³/mol. The number of aromatic nitrogens is 1. The molecule has 1 saturated carbocycles. The zero-order valence-corrected chi connectivity index (χ0v) is 10.3. The van der Waals surface area contributed by atoms with Gasteiger partial charge in [0.15, 0.2) is 0 Å². The summed E-state index contributed by atoms with van der Waals surface area (Å²) in [5.74, 6) is 0.932. The van der Waals surface area contributed by atoms with Gasteiger partial charge in [-0.05, 0) is 24.5 Å². The second-order valence-electron chi connectivity index (χ2n) is 4.59. The van der Waals surface area contributed by atoms with Crippen molar-refractivity contribution in [3.63, 3.8) is 0 Å². The third-order valence-corrected chi connectivity index (χ3v) is 3.56. The van der Waals surface area contributed by atoms with Crippen molar-refractivity contribution in [1.82, 2.24) is 4.98 Å². The Labute approximate surface area is 102 Å². The summed E-state index contributed by atoms with van der Waals surface area (Å²) in [6.45, 7) is 1.05. The van der Waals surface area contributed by atoms with E-state index >= 15 is 0 Å². The van der Waals surface area contributed by atoms with E-state index in [1.165, 1.54) is 38.5 Å². The molecule has 0 aliphatic heterocycles. The number of rotatable bonds is 4. The van der Waals surface area contributed by atoms with Crippen molar-refractivity contribution in [3.05, 3.63) is 23.5 Å². The maximum atomic E-state index is 5.73. The zero-order chi connectivity index (χ0) is 11.2. The third-order valence-electron chi connectivity index (χ3n) is 3.33. The average Bonchev–Trinajstić information content (AvgIpc) is 2.33. The third kappa shape index (κ3) is 3.67. The quantitative estimate of drug-likeness (QED) is 0.799. The van der Waals surface area contributed by atoms with Gasteiger partial charge in [-0.3, -0.25) is 0 Å². The monoisotopic (exact) mass is 238 g/mol. The minimum atomic E-state index is 0.554. The SMILES string of the molecule is Clc1ccc(NCCC2CCCCC2)cn1. The summed E-state index contributed by atoms with van der Waals surface area (Å²) in [5.41, 5.74) is 1.07.